The van der Waals surface area contributed by atoms with E-state index in [9.17, 15) is 9.59 Å². The summed E-state index contributed by atoms with van der Waals surface area (Å²) in [6.07, 6.45) is 3.08. The van der Waals surface area contributed by atoms with E-state index in [2.05, 4.69) is 10.2 Å². The summed E-state index contributed by atoms with van der Waals surface area (Å²) >= 11 is 0. The van der Waals surface area contributed by atoms with Crippen molar-refractivity contribution >= 4 is 5.97 Å². The van der Waals surface area contributed by atoms with Gasteiger partial charge in [-0.1, -0.05) is 0 Å². The summed E-state index contributed by atoms with van der Waals surface area (Å²) in [5.41, 5.74) is 0.786. The summed E-state index contributed by atoms with van der Waals surface area (Å²) in [6, 6.07) is 1.56. The zero-order valence-corrected chi connectivity index (χ0v) is 8.32. The maximum absolute atomic E-state index is 10.9. The smallest absolute Gasteiger partial charge is 0.306 e. The van der Waals surface area contributed by atoms with Crippen molar-refractivity contribution in [2.24, 2.45) is 5.92 Å². The Balaban J connectivity index is 1.99. The Hall–Kier alpha value is -1.52. The van der Waals surface area contributed by atoms with Crippen molar-refractivity contribution in [3.8, 4) is 0 Å². The zero-order valence-electron chi connectivity index (χ0n) is 8.32. The second-order valence-electron chi connectivity index (χ2n) is 4.10. The molecule has 0 amide bonds. The van der Waals surface area contributed by atoms with E-state index in [4.69, 9.17) is 5.11 Å². The van der Waals surface area contributed by atoms with Crippen LogP contribution in [0.5, 0.6) is 0 Å². The molecule has 5 nitrogen and oxygen atoms in total. The number of rotatable bonds is 2. The average molecular weight is 210 g/mol. The maximum Gasteiger partial charge on any atom is 0.306 e. The van der Waals surface area contributed by atoms with E-state index in [1.54, 1.807) is 6.07 Å². The normalized spacial score (nSPS) is 26.4. The van der Waals surface area contributed by atoms with Crippen molar-refractivity contribution in [1.82, 2.24) is 10.2 Å². The first kappa shape index (κ1) is 10.0. The third kappa shape index (κ3) is 2.11. The van der Waals surface area contributed by atoms with Gasteiger partial charge in [0, 0.05) is 17.7 Å². The minimum Gasteiger partial charge on any atom is -0.481 e. The Bertz CT molecular complexity index is 399. The van der Waals surface area contributed by atoms with Crippen molar-refractivity contribution in [2.75, 3.05) is 0 Å². The first-order valence-electron chi connectivity index (χ1n) is 5.17. The topological polar surface area (TPSA) is 85.9 Å². The van der Waals surface area contributed by atoms with Crippen LogP contribution >= 0.6 is 0 Å². The molecule has 0 unspecified atom stereocenters. The van der Waals surface area contributed by atoms with Crippen molar-refractivity contribution < 1.29 is 9.90 Å². The fraction of sp³-hybridized carbons (Fsp3) is 0.600. The molecular weight excluding hydrogens is 196 g/mol. The van der Waals surface area contributed by atoms with Gasteiger partial charge in [-0.15, -0.1) is 0 Å². The van der Waals surface area contributed by atoms with Crippen LogP contribution in [-0.4, -0.2) is 21.3 Å². The number of hydrogen-bond donors (Lipinski definition) is 3. The molecule has 3 N–H and O–H groups in total. The summed E-state index contributed by atoms with van der Waals surface area (Å²) in [7, 11) is 0. The Morgan fingerprint density at radius 1 is 1.27 bits per heavy atom. The molecule has 1 aliphatic rings. The predicted octanol–water partition coefficient (Wildman–Crippen LogP) is 1.06. The molecule has 0 spiro atoms. The van der Waals surface area contributed by atoms with Gasteiger partial charge in [0.15, 0.2) is 0 Å². The van der Waals surface area contributed by atoms with Crippen LogP contribution in [0.25, 0.3) is 0 Å². The number of carboxylic acid groups (broad SMARTS) is 1. The number of carboxylic acids is 1. The molecule has 1 aliphatic carbocycles. The van der Waals surface area contributed by atoms with Crippen LogP contribution in [0.2, 0.25) is 0 Å². The molecule has 1 saturated carbocycles. The SMILES string of the molecule is O=C(O)C1CCC(c2cc(=O)[nH][nH]2)CC1. The molecule has 1 aromatic rings. The Labute approximate surface area is 86.5 Å². The van der Waals surface area contributed by atoms with Crippen molar-refractivity contribution in [3.05, 3.63) is 22.1 Å². The third-order valence-electron chi connectivity index (χ3n) is 3.13. The van der Waals surface area contributed by atoms with E-state index in [0.717, 1.165) is 18.5 Å². The maximum atomic E-state index is 10.9. The van der Waals surface area contributed by atoms with E-state index in [1.165, 1.54) is 0 Å². The molecular formula is C10H14N2O3. The number of aromatic nitrogens is 2. The van der Waals surface area contributed by atoms with E-state index in [1.807, 2.05) is 0 Å². The molecule has 0 aliphatic heterocycles. The lowest BCUT2D eigenvalue weighted by Crippen LogP contribution is -2.20. The first-order chi connectivity index (χ1) is 7.16. The molecule has 15 heavy (non-hydrogen) atoms. The van der Waals surface area contributed by atoms with Gasteiger partial charge in [-0.3, -0.25) is 14.7 Å². The number of carbonyl (C=O) groups is 1. The quantitative estimate of drug-likeness (QED) is 0.682. The summed E-state index contributed by atoms with van der Waals surface area (Å²) in [5.74, 6) is -0.595. The molecule has 0 bridgehead atoms. The largest absolute Gasteiger partial charge is 0.481 e. The van der Waals surface area contributed by atoms with Crippen LogP contribution in [0.3, 0.4) is 0 Å². The minimum absolute atomic E-state index is 0.120. The molecule has 1 heterocycles. The highest BCUT2D eigenvalue weighted by Gasteiger charge is 2.27. The molecule has 5 heteroatoms. The highest BCUT2D eigenvalue weighted by atomic mass is 16.4. The molecule has 0 saturated heterocycles. The van der Waals surface area contributed by atoms with E-state index in [-0.39, 0.29) is 11.5 Å². The Morgan fingerprint density at radius 2 is 1.93 bits per heavy atom. The van der Waals surface area contributed by atoms with Gasteiger partial charge in [0.2, 0.25) is 0 Å². The van der Waals surface area contributed by atoms with Gasteiger partial charge >= 0.3 is 5.97 Å². The Kier molecular flexibility index (Phi) is 2.62. The van der Waals surface area contributed by atoms with Gasteiger partial charge < -0.3 is 10.2 Å². The molecule has 0 atom stereocenters. The fourth-order valence-corrected chi connectivity index (χ4v) is 2.22. The second kappa shape index (κ2) is 3.92. The summed E-state index contributed by atoms with van der Waals surface area (Å²) < 4.78 is 0. The van der Waals surface area contributed by atoms with Gasteiger partial charge in [-0.05, 0) is 25.7 Å². The highest BCUT2D eigenvalue weighted by Crippen LogP contribution is 2.34. The Morgan fingerprint density at radius 3 is 2.40 bits per heavy atom. The molecule has 1 fully saturated rings. The number of aliphatic carboxylic acids is 1. The van der Waals surface area contributed by atoms with E-state index >= 15 is 0 Å². The van der Waals surface area contributed by atoms with Gasteiger partial charge in [0.25, 0.3) is 5.56 Å². The van der Waals surface area contributed by atoms with Crippen LogP contribution in [0.15, 0.2) is 10.9 Å². The van der Waals surface area contributed by atoms with Crippen LogP contribution in [0.4, 0.5) is 0 Å². The van der Waals surface area contributed by atoms with Crippen LogP contribution in [0, 0.1) is 5.92 Å². The minimum atomic E-state index is -0.698. The standard InChI is InChI=1S/C10H14N2O3/c13-9-5-8(11-12-9)6-1-3-7(4-2-6)10(14)15/h5-7H,1-4H2,(H,14,15)(H2,11,12,13). The van der Waals surface area contributed by atoms with Crippen LogP contribution in [-0.2, 0) is 4.79 Å². The van der Waals surface area contributed by atoms with Crippen molar-refractivity contribution in [2.45, 2.75) is 31.6 Å². The number of aromatic amines is 2. The predicted molar refractivity (Wildman–Crippen MR) is 53.7 cm³/mol. The zero-order chi connectivity index (χ0) is 10.8. The van der Waals surface area contributed by atoms with Crippen LogP contribution < -0.4 is 5.56 Å². The molecule has 0 radical (unpaired) electrons. The lowest BCUT2D eigenvalue weighted by atomic mass is 9.80. The first-order valence-corrected chi connectivity index (χ1v) is 5.17. The van der Waals surface area contributed by atoms with E-state index in [0.29, 0.717) is 18.8 Å². The number of hydrogen-bond acceptors (Lipinski definition) is 2. The van der Waals surface area contributed by atoms with Crippen molar-refractivity contribution in [1.29, 1.82) is 0 Å². The monoisotopic (exact) mass is 210 g/mol. The number of nitrogens with one attached hydrogen (secondary N) is 2. The van der Waals surface area contributed by atoms with Gasteiger partial charge in [0.1, 0.15) is 0 Å². The summed E-state index contributed by atoms with van der Waals surface area (Å²) in [5, 5.41) is 14.2. The lowest BCUT2D eigenvalue weighted by Gasteiger charge is -2.24. The van der Waals surface area contributed by atoms with Crippen LogP contribution in [0.1, 0.15) is 37.3 Å². The lowest BCUT2D eigenvalue weighted by molar-refractivity contribution is -0.142. The molecule has 1 aromatic heterocycles. The molecule has 0 aromatic carbocycles. The van der Waals surface area contributed by atoms with Gasteiger partial charge in [-0.2, -0.15) is 0 Å². The molecule has 82 valence electrons. The van der Waals surface area contributed by atoms with Crippen molar-refractivity contribution in [3.63, 3.8) is 0 Å². The fourth-order valence-electron chi connectivity index (χ4n) is 2.22. The average Bonchev–Trinajstić information content (AvgIpc) is 2.65. The molecule has 2 rings (SSSR count). The van der Waals surface area contributed by atoms with Gasteiger partial charge in [-0.25, -0.2) is 0 Å². The van der Waals surface area contributed by atoms with Gasteiger partial charge in [0.05, 0.1) is 5.92 Å². The summed E-state index contributed by atoms with van der Waals surface area (Å²) in [6.45, 7) is 0. The van der Waals surface area contributed by atoms with E-state index < -0.39 is 5.97 Å². The summed E-state index contributed by atoms with van der Waals surface area (Å²) in [4.78, 5) is 21.7. The third-order valence-corrected chi connectivity index (χ3v) is 3.13. The highest BCUT2D eigenvalue weighted by molar-refractivity contribution is 5.70. The second-order valence-corrected chi connectivity index (χ2v) is 4.10. The number of H-pyrrole nitrogens is 2.